The average molecular weight is 501 g/mol. The molecule has 0 bridgehead atoms. The predicted molar refractivity (Wildman–Crippen MR) is 94.4 cm³/mol. The van der Waals surface area contributed by atoms with Gasteiger partial charge in [0.2, 0.25) is 0 Å². The van der Waals surface area contributed by atoms with Gasteiger partial charge in [0, 0.05) is 3.57 Å². The summed E-state index contributed by atoms with van der Waals surface area (Å²) in [5.74, 6) is 0. The van der Waals surface area contributed by atoms with Crippen LogP contribution < -0.4 is 5.32 Å². The Bertz CT molecular complexity index is 524. The topological polar surface area (TPSA) is 12.0 Å². The van der Waals surface area contributed by atoms with Gasteiger partial charge in [-0.05, 0) is 90.3 Å². The number of rotatable bonds is 4. The van der Waals surface area contributed by atoms with Gasteiger partial charge in [-0.2, -0.15) is 0 Å². The number of halogens is 3. The Morgan fingerprint density at radius 3 is 2.44 bits per heavy atom. The zero-order valence-electron chi connectivity index (χ0n) is 9.71. The molecule has 5 heteroatoms. The van der Waals surface area contributed by atoms with Crippen molar-refractivity contribution in [3.05, 3.63) is 52.6 Å². The van der Waals surface area contributed by atoms with Crippen molar-refractivity contribution >= 4 is 65.8 Å². The summed E-state index contributed by atoms with van der Waals surface area (Å²) in [5, 5.41) is 3.54. The van der Waals surface area contributed by atoms with Gasteiger partial charge in [0.1, 0.15) is 0 Å². The summed E-state index contributed by atoms with van der Waals surface area (Å²) < 4.78 is 3.59. The molecule has 1 unspecified atom stereocenters. The Kier molecular flexibility index (Phi) is 5.68. The molecule has 0 aliphatic rings. The minimum absolute atomic E-state index is 0.240. The van der Waals surface area contributed by atoms with E-state index < -0.39 is 0 Å². The number of benzene rings is 1. The van der Waals surface area contributed by atoms with E-state index in [1.54, 1.807) is 11.3 Å². The van der Waals surface area contributed by atoms with E-state index in [4.69, 9.17) is 0 Å². The van der Waals surface area contributed by atoms with Crippen LogP contribution in [0.25, 0.3) is 0 Å². The van der Waals surface area contributed by atoms with E-state index in [1.807, 2.05) is 0 Å². The second kappa shape index (κ2) is 6.83. The van der Waals surface area contributed by atoms with Crippen LogP contribution in [0, 0.1) is 3.57 Å². The van der Waals surface area contributed by atoms with Crippen molar-refractivity contribution < 1.29 is 0 Å². The van der Waals surface area contributed by atoms with Gasteiger partial charge in [-0.25, -0.2) is 0 Å². The lowest BCUT2D eigenvalue weighted by Gasteiger charge is -2.18. The SMILES string of the molecule is CCNC(c1ccc(I)cc1)c1cc(Br)sc1Br. The summed E-state index contributed by atoms with van der Waals surface area (Å²) in [6.45, 7) is 3.07. The molecular formula is C13H12Br2INS. The standard InChI is InChI=1S/C13H12Br2INS/c1-2-17-12(8-3-5-9(16)6-4-8)10-7-11(14)18-13(10)15/h3-7,12,17H,2H2,1H3. The zero-order valence-corrected chi connectivity index (χ0v) is 15.9. The van der Waals surface area contributed by atoms with E-state index in [1.165, 1.54) is 18.5 Å². The maximum atomic E-state index is 3.65. The van der Waals surface area contributed by atoms with Crippen molar-refractivity contribution in [3.8, 4) is 0 Å². The Hall–Kier alpha value is 0.570. The molecule has 0 spiro atoms. The molecule has 0 aliphatic heterocycles. The minimum Gasteiger partial charge on any atom is -0.306 e. The van der Waals surface area contributed by atoms with Gasteiger partial charge < -0.3 is 5.32 Å². The second-order valence-electron chi connectivity index (χ2n) is 3.82. The molecule has 96 valence electrons. The Morgan fingerprint density at radius 2 is 1.94 bits per heavy atom. The van der Waals surface area contributed by atoms with Crippen LogP contribution in [0.5, 0.6) is 0 Å². The fraction of sp³-hybridized carbons (Fsp3) is 0.231. The molecule has 2 rings (SSSR count). The summed E-state index contributed by atoms with van der Waals surface area (Å²) in [7, 11) is 0. The number of thiophene rings is 1. The molecule has 18 heavy (non-hydrogen) atoms. The zero-order chi connectivity index (χ0) is 13.1. The van der Waals surface area contributed by atoms with E-state index in [9.17, 15) is 0 Å². The summed E-state index contributed by atoms with van der Waals surface area (Å²) >= 11 is 11.2. The van der Waals surface area contributed by atoms with Gasteiger partial charge in [0.05, 0.1) is 13.6 Å². The van der Waals surface area contributed by atoms with E-state index in [2.05, 4.69) is 97.0 Å². The Morgan fingerprint density at radius 1 is 1.28 bits per heavy atom. The van der Waals surface area contributed by atoms with E-state index >= 15 is 0 Å². The van der Waals surface area contributed by atoms with Gasteiger partial charge in [0.25, 0.3) is 0 Å². The van der Waals surface area contributed by atoms with E-state index in [-0.39, 0.29) is 6.04 Å². The van der Waals surface area contributed by atoms with Crippen molar-refractivity contribution in [2.75, 3.05) is 6.54 Å². The molecule has 0 fully saturated rings. The minimum atomic E-state index is 0.240. The third-order valence-electron chi connectivity index (χ3n) is 2.61. The summed E-state index contributed by atoms with van der Waals surface area (Å²) in [6.07, 6.45) is 0. The number of nitrogens with one attached hydrogen (secondary N) is 1. The lowest BCUT2D eigenvalue weighted by molar-refractivity contribution is 0.630. The van der Waals surface area contributed by atoms with Crippen LogP contribution >= 0.6 is 65.8 Å². The Balaban J connectivity index is 2.39. The first-order valence-corrected chi connectivity index (χ1v) is 9.03. The maximum Gasteiger partial charge on any atom is 0.0761 e. The number of hydrogen-bond acceptors (Lipinski definition) is 2. The van der Waals surface area contributed by atoms with Gasteiger partial charge >= 0.3 is 0 Å². The highest BCUT2D eigenvalue weighted by Gasteiger charge is 2.18. The predicted octanol–water partition coefficient (Wildman–Crippen LogP) is 5.58. The van der Waals surface area contributed by atoms with Gasteiger partial charge in [-0.15, -0.1) is 11.3 Å². The molecule has 1 aromatic carbocycles. The second-order valence-corrected chi connectivity index (χ2v) is 8.82. The summed E-state index contributed by atoms with van der Waals surface area (Å²) in [6, 6.07) is 11.1. The average Bonchev–Trinajstić information content (AvgIpc) is 2.67. The molecule has 1 N–H and O–H groups in total. The molecule has 2 aromatic rings. The van der Waals surface area contributed by atoms with Gasteiger partial charge in [0.15, 0.2) is 0 Å². The van der Waals surface area contributed by atoms with Crippen molar-refractivity contribution in [1.29, 1.82) is 0 Å². The van der Waals surface area contributed by atoms with Crippen molar-refractivity contribution in [2.45, 2.75) is 13.0 Å². The lowest BCUT2D eigenvalue weighted by atomic mass is 10.0. The molecule has 0 aliphatic carbocycles. The Labute approximate surface area is 142 Å². The first-order valence-electron chi connectivity index (χ1n) is 5.55. The van der Waals surface area contributed by atoms with Crippen molar-refractivity contribution in [1.82, 2.24) is 5.32 Å². The highest BCUT2D eigenvalue weighted by Crippen LogP contribution is 2.37. The summed E-state index contributed by atoms with van der Waals surface area (Å²) in [4.78, 5) is 0. The quantitative estimate of drug-likeness (QED) is 0.541. The third kappa shape index (κ3) is 3.56. The monoisotopic (exact) mass is 499 g/mol. The molecule has 1 atom stereocenters. The van der Waals surface area contributed by atoms with Crippen LogP contribution in [0.2, 0.25) is 0 Å². The first-order chi connectivity index (χ1) is 8.61. The maximum absolute atomic E-state index is 3.65. The lowest BCUT2D eigenvalue weighted by Crippen LogP contribution is -2.21. The van der Waals surface area contributed by atoms with Crippen LogP contribution in [0.4, 0.5) is 0 Å². The molecule has 0 amide bonds. The van der Waals surface area contributed by atoms with Crippen LogP contribution in [-0.4, -0.2) is 6.54 Å². The molecule has 1 heterocycles. The van der Waals surface area contributed by atoms with E-state index in [0.717, 1.165) is 10.3 Å². The summed E-state index contributed by atoms with van der Waals surface area (Å²) in [5.41, 5.74) is 2.58. The van der Waals surface area contributed by atoms with Crippen molar-refractivity contribution in [3.63, 3.8) is 0 Å². The van der Waals surface area contributed by atoms with Crippen LogP contribution in [0.1, 0.15) is 24.1 Å². The molecule has 0 radical (unpaired) electrons. The van der Waals surface area contributed by atoms with Crippen LogP contribution in [-0.2, 0) is 0 Å². The van der Waals surface area contributed by atoms with Gasteiger partial charge in [-0.3, -0.25) is 0 Å². The molecule has 1 nitrogen and oxygen atoms in total. The first kappa shape index (κ1) is 15.0. The number of hydrogen-bond donors (Lipinski definition) is 1. The fourth-order valence-electron chi connectivity index (χ4n) is 1.82. The largest absolute Gasteiger partial charge is 0.306 e. The highest BCUT2D eigenvalue weighted by molar-refractivity contribution is 14.1. The highest BCUT2D eigenvalue weighted by atomic mass is 127. The van der Waals surface area contributed by atoms with Gasteiger partial charge in [-0.1, -0.05) is 19.1 Å². The molecule has 1 aromatic heterocycles. The normalized spacial score (nSPS) is 12.7. The van der Waals surface area contributed by atoms with Crippen LogP contribution in [0.3, 0.4) is 0 Å². The smallest absolute Gasteiger partial charge is 0.0761 e. The van der Waals surface area contributed by atoms with Crippen molar-refractivity contribution in [2.24, 2.45) is 0 Å². The molecule has 0 saturated heterocycles. The molecular weight excluding hydrogens is 489 g/mol. The third-order valence-corrected chi connectivity index (χ3v) is 5.71. The molecule has 0 saturated carbocycles. The fourth-order valence-corrected chi connectivity index (χ4v) is 5.08. The van der Waals surface area contributed by atoms with E-state index in [0.29, 0.717) is 0 Å². The van der Waals surface area contributed by atoms with Crippen LogP contribution in [0.15, 0.2) is 37.9 Å².